The highest BCUT2D eigenvalue weighted by Gasteiger charge is 2.22. The van der Waals surface area contributed by atoms with Crippen LogP contribution in [0.5, 0.6) is 11.5 Å². The van der Waals surface area contributed by atoms with Crippen molar-refractivity contribution in [1.29, 1.82) is 0 Å². The molecule has 1 saturated heterocycles. The van der Waals surface area contributed by atoms with Gasteiger partial charge in [-0.1, -0.05) is 25.1 Å². The second-order valence-corrected chi connectivity index (χ2v) is 7.15. The summed E-state index contributed by atoms with van der Waals surface area (Å²) in [5.74, 6) is 0.937. The first-order chi connectivity index (χ1) is 15.0. The van der Waals surface area contributed by atoms with E-state index in [4.69, 9.17) is 9.47 Å². The Morgan fingerprint density at radius 3 is 2.55 bits per heavy atom. The van der Waals surface area contributed by atoms with Gasteiger partial charge in [0.2, 0.25) is 5.91 Å². The van der Waals surface area contributed by atoms with Gasteiger partial charge < -0.3 is 19.3 Å². The van der Waals surface area contributed by atoms with E-state index >= 15 is 0 Å². The first-order valence-electron chi connectivity index (χ1n) is 10.3. The number of carbonyl (C=O) groups is 1. The number of para-hydroxylation sites is 2. The summed E-state index contributed by atoms with van der Waals surface area (Å²) in [6.45, 7) is 4.93. The van der Waals surface area contributed by atoms with Crippen LogP contribution in [0.25, 0.3) is 6.08 Å². The zero-order valence-electron chi connectivity index (χ0n) is 17.8. The van der Waals surface area contributed by atoms with E-state index in [9.17, 15) is 14.9 Å². The molecule has 8 nitrogen and oxygen atoms in total. The number of rotatable bonds is 8. The molecule has 0 saturated carbocycles. The monoisotopic (exact) mass is 425 g/mol. The Kier molecular flexibility index (Phi) is 7.48. The van der Waals surface area contributed by atoms with Crippen LogP contribution < -0.4 is 14.4 Å². The van der Waals surface area contributed by atoms with E-state index in [1.807, 2.05) is 31.2 Å². The molecule has 0 spiro atoms. The highest BCUT2D eigenvalue weighted by Crippen LogP contribution is 2.29. The predicted octanol–water partition coefficient (Wildman–Crippen LogP) is 3.75. The van der Waals surface area contributed by atoms with Crippen molar-refractivity contribution in [2.75, 3.05) is 44.8 Å². The number of piperazine rings is 1. The molecule has 0 radical (unpaired) electrons. The van der Waals surface area contributed by atoms with Gasteiger partial charge in [0.1, 0.15) is 5.75 Å². The number of nitrogens with zero attached hydrogens (tertiary/aromatic N) is 3. The molecule has 31 heavy (non-hydrogen) atoms. The predicted molar refractivity (Wildman–Crippen MR) is 120 cm³/mol. The second kappa shape index (κ2) is 10.5. The number of ether oxygens (including phenoxy) is 2. The van der Waals surface area contributed by atoms with Crippen LogP contribution in [0.15, 0.2) is 48.5 Å². The molecule has 1 aliphatic rings. The van der Waals surface area contributed by atoms with Crippen LogP contribution in [0, 0.1) is 10.1 Å². The van der Waals surface area contributed by atoms with E-state index in [1.54, 1.807) is 30.2 Å². The molecule has 2 aromatic carbocycles. The second-order valence-electron chi connectivity index (χ2n) is 7.15. The van der Waals surface area contributed by atoms with Gasteiger partial charge in [0, 0.05) is 38.3 Å². The Hall–Kier alpha value is -3.55. The van der Waals surface area contributed by atoms with Crippen LogP contribution in [-0.2, 0) is 4.79 Å². The highest BCUT2D eigenvalue weighted by atomic mass is 16.6. The molecule has 0 N–H and O–H groups in total. The fourth-order valence-corrected chi connectivity index (χ4v) is 3.45. The van der Waals surface area contributed by atoms with Crippen molar-refractivity contribution < 1.29 is 19.2 Å². The van der Waals surface area contributed by atoms with E-state index in [2.05, 4.69) is 4.90 Å². The number of nitro groups is 1. The van der Waals surface area contributed by atoms with Crippen molar-refractivity contribution in [3.63, 3.8) is 0 Å². The smallest absolute Gasteiger partial charge is 0.311 e. The molecule has 0 unspecified atom stereocenters. The first kappa shape index (κ1) is 22.1. The third-order valence-electron chi connectivity index (χ3n) is 5.08. The lowest BCUT2D eigenvalue weighted by Crippen LogP contribution is -2.48. The number of hydrogen-bond donors (Lipinski definition) is 0. The lowest BCUT2D eigenvalue weighted by Gasteiger charge is -2.36. The van der Waals surface area contributed by atoms with Gasteiger partial charge in [-0.05, 0) is 36.3 Å². The van der Waals surface area contributed by atoms with Gasteiger partial charge in [-0.25, -0.2) is 0 Å². The summed E-state index contributed by atoms with van der Waals surface area (Å²) >= 11 is 0. The normalized spacial score (nSPS) is 14.0. The molecular formula is C23H27N3O5. The molecule has 164 valence electrons. The SMILES string of the molecule is CCCOc1ccc(/C=C/C(=O)N2CCN(c3ccccc3OC)CC2)cc1[N+](=O)[O-]. The Morgan fingerprint density at radius 1 is 1.13 bits per heavy atom. The largest absolute Gasteiger partial charge is 0.495 e. The molecular weight excluding hydrogens is 398 g/mol. The first-order valence-corrected chi connectivity index (χ1v) is 10.3. The van der Waals surface area contributed by atoms with Crippen molar-refractivity contribution >= 4 is 23.4 Å². The van der Waals surface area contributed by atoms with Crippen LogP contribution in [0.2, 0.25) is 0 Å². The summed E-state index contributed by atoms with van der Waals surface area (Å²) in [7, 11) is 1.65. The molecule has 0 bridgehead atoms. The third kappa shape index (κ3) is 5.53. The quantitative estimate of drug-likeness (QED) is 0.364. The zero-order valence-corrected chi connectivity index (χ0v) is 17.8. The Bertz CT molecular complexity index is 952. The van der Waals surface area contributed by atoms with Gasteiger partial charge >= 0.3 is 5.69 Å². The molecule has 0 aromatic heterocycles. The van der Waals surface area contributed by atoms with Crippen LogP contribution >= 0.6 is 0 Å². The average Bonchev–Trinajstić information content (AvgIpc) is 2.81. The summed E-state index contributed by atoms with van der Waals surface area (Å²) in [5, 5.41) is 11.3. The van der Waals surface area contributed by atoms with Crippen LogP contribution in [0.1, 0.15) is 18.9 Å². The topological polar surface area (TPSA) is 85.2 Å². The summed E-state index contributed by atoms with van der Waals surface area (Å²) in [6, 6.07) is 12.5. The van der Waals surface area contributed by atoms with Crippen molar-refractivity contribution in [1.82, 2.24) is 4.90 Å². The lowest BCUT2D eigenvalue weighted by atomic mass is 10.1. The summed E-state index contributed by atoms with van der Waals surface area (Å²) in [5.41, 5.74) is 1.50. The average molecular weight is 425 g/mol. The number of hydrogen-bond acceptors (Lipinski definition) is 6. The minimum absolute atomic E-state index is 0.103. The van der Waals surface area contributed by atoms with Gasteiger partial charge in [-0.2, -0.15) is 0 Å². The van der Waals surface area contributed by atoms with E-state index in [0.29, 0.717) is 38.3 Å². The number of anilines is 1. The van der Waals surface area contributed by atoms with E-state index in [0.717, 1.165) is 17.9 Å². The van der Waals surface area contributed by atoms with Gasteiger partial charge in [0.25, 0.3) is 0 Å². The molecule has 1 aliphatic heterocycles. The molecule has 3 rings (SSSR count). The van der Waals surface area contributed by atoms with E-state index < -0.39 is 4.92 Å². The highest BCUT2D eigenvalue weighted by molar-refractivity contribution is 5.92. The number of methoxy groups -OCH3 is 1. The number of nitro benzene ring substituents is 1. The molecule has 8 heteroatoms. The standard InChI is InChI=1S/C23H27N3O5/c1-3-16-31-22-10-8-18(17-20(22)26(28)29)9-11-23(27)25-14-12-24(13-15-25)19-6-4-5-7-21(19)30-2/h4-11,17H,3,12-16H2,1-2H3/b11-9+. The van der Waals surface area contributed by atoms with E-state index in [1.165, 1.54) is 12.1 Å². The molecule has 2 aromatic rings. The fourth-order valence-electron chi connectivity index (χ4n) is 3.45. The summed E-state index contributed by atoms with van der Waals surface area (Å²) in [4.78, 5) is 27.4. The van der Waals surface area contributed by atoms with Crippen LogP contribution in [0.3, 0.4) is 0 Å². The molecule has 1 heterocycles. The molecule has 1 amide bonds. The summed E-state index contributed by atoms with van der Waals surface area (Å²) in [6.07, 6.45) is 3.83. The maximum Gasteiger partial charge on any atom is 0.311 e. The van der Waals surface area contributed by atoms with Gasteiger partial charge in [0.15, 0.2) is 5.75 Å². The fraction of sp³-hybridized carbons (Fsp3) is 0.348. The van der Waals surface area contributed by atoms with Gasteiger partial charge in [-0.15, -0.1) is 0 Å². The number of benzene rings is 2. The summed E-state index contributed by atoms with van der Waals surface area (Å²) < 4.78 is 10.9. The van der Waals surface area contributed by atoms with Crippen molar-refractivity contribution in [3.8, 4) is 11.5 Å². The van der Waals surface area contributed by atoms with Crippen molar-refractivity contribution in [3.05, 3.63) is 64.2 Å². The maximum absolute atomic E-state index is 12.6. The van der Waals surface area contributed by atoms with Crippen molar-refractivity contribution in [2.45, 2.75) is 13.3 Å². The third-order valence-corrected chi connectivity index (χ3v) is 5.08. The van der Waals surface area contributed by atoms with Gasteiger partial charge in [-0.3, -0.25) is 14.9 Å². The lowest BCUT2D eigenvalue weighted by molar-refractivity contribution is -0.385. The molecule has 0 atom stereocenters. The zero-order chi connectivity index (χ0) is 22.2. The van der Waals surface area contributed by atoms with Crippen molar-refractivity contribution in [2.24, 2.45) is 0 Å². The number of amides is 1. The maximum atomic E-state index is 12.6. The molecule has 1 fully saturated rings. The van der Waals surface area contributed by atoms with Crippen LogP contribution in [0.4, 0.5) is 11.4 Å². The Balaban J connectivity index is 1.62. The Morgan fingerprint density at radius 2 is 1.87 bits per heavy atom. The van der Waals surface area contributed by atoms with E-state index in [-0.39, 0.29) is 17.3 Å². The van der Waals surface area contributed by atoms with Crippen LogP contribution in [-0.4, -0.2) is 55.6 Å². The number of carbonyl (C=O) groups excluding carboxylic acids is 1. The minimum Gasteiger partial charge on any atom is -0.495 e. The Labute approximate surface area is 181 Å². The minimum atomic E-state index is -0.471. The van der Waals surface area contributed by atoms with Gasteiger partial charge in [0.05, 0.1) is 24.3 Å². The molecule has 0 aliphatic carbocycles.